The van der Waals surface area contributed by atoms with E-state index < -0.39 is 24.7 Å². The average molecular weight is 533 g/mol. The Morgan fingerprint density at radius 3 is 2.63 bits per heavy atom. The molecule has 10 heteroatoms. The van der Waals surface area contributed by atoms with Gasteiger partial charge in [0.2, 0.25) is 0 Å². The number of hydrogen-bond donors (Lipinski definition) is 1. The molecule has 0 radical (unpaired) electrons. The molecule has 1 saturated carbocycles. The van der Waals surface area contributed by atoms with Crippen molar-refractivity contribution in [3.05, 3.63) is 42.2 Å². The third-order valence-electron chi connectivity index (χ3n) is 6.95. The number of ether oxygens (including phenoxy) is 3. The number of hydrogen-bond acceptors (Lipinski definition) is 6. The molecule has 2 atom stereocenters. The first-order valence-electron chi connectivity index (χ1n) is 12.9. The molecular formula is C28H31F3N2O5. The van der Waals surface area contributed by atoms with Crippen molar-refractivity contribution in [3.63, 3.8) is 0 Å². The maximum Gasteiger partial charge on any atom is 0.387 e. The van der Waals surface area contributed by atoms with E-state index >= 15 is 0 Å². The molecule has 0 unspecified atom stereocenters. The Bertz CT molecular complexity index is 1270. The molecule has 1 aliphatic heterocycles. The number of furan rings is 1. The number of halogens is 3. The van der Waals surface area contributed by atoms with Crippen molar-refractivity contribution < 1.29 is 36.6 Å². The van der Waals surface area contributed by atoms with Crippen LogP contribution in [0, 0.1) is 0 Å². The monoisotopic (exact) mass is 532 g/mol. The predicted octanol–water partition coefficient (Wildman–Crippen LogP) is 5.80. The maximum atomic E-state index is 13.3. The minimum absolute atomic E-state index is 0.0229. The van der Waals surface area contributed by atoms with E-state index in [-0.39, 0.29) is 23.5 Å². The van der Waals surface area contributed by atoms with Crippen LogP contribution in [0.5, 0.6) is 17.2 Å². The zero-order valence-electron chi connectivity index (χ0n) is 21.2. The van der Waals surface area contributed by atoms with Gasteiger partial charge in [-0.1, -0.05) is 6.42 Å². The first-order valence-corrected chi connectivity index (χ1v) is 12.9. The van der Waals surface area contributed by atoms with Gasteiger partial charge < -0.3 is 28.8 Å². The van der Waals surface area contributed by atoms with Crippen molar-refractivity contribution >= 4 is 16.9 Å². The molecule has 1 aromatic heterocycles. The van der Waals surface area contributed by atoms with Crippen molar-refractivity contribution in [2.75, 3.05) is 33.4 Å². The van der Waals surface area contributed by atoms with Gasteiger partial charge in [-0.25, -0.2) is 4.39 Å². The van der Waals surface area contributed by atoms with Crippen LogP contribution in [0.4, 0.5) is 13.2 Å². The summed E-state index contributed by atoms with van der Waals surface area (Å²) in [7, 11) is 1.32. The van der Waals surface area contributed by atoms with Gasteiger partial charge in [0, 0.05) is 30.0 Å². The van der Waals surface area contributed by atoms with Gasteiger partial charge >= 0.3 is 6.61 Å². The van der Waals surface area contributed by atoms with Crippen LogP contribution in [0.15, 0.2) is 41.0 Å². The highest BCUT2D eigenvalue weighted by atomic mass is 19.3. The van der Waals surface area contributed by atoms with Crippen LogP contribution >= 0.6 is 0 Å². The number of piperidine rings is 1. The van der Waals surface area contributed by atoms with E-state index in [0.717, 1.165) is 31.4 Å². The molecule has 1 N–H and O–H groups in total. The Hall–Kier alpha value is -3.40. The highest BCUT2D eigenvalue weighted by Gasteiger charge is 2.40. The summed E-state index contributed by atoms with van der Waals surface area (Å²) in [4.78, 5) is 15.2. The van der Waals surface area contributed by atoms with Crippen molar-refractivity contribution in [3.8, 4) is 28.4 Å². The van der Waals surface area contributed by atoms with Gasteiger partial charge in [0.05, 0.1) is 26.0 Å². The number of alkyl halides is 3. The molecule has 2 aliphatic rings. The topological polar surface area (TPSA) is 73.2 Å². The summed E-state index contributed by atoms with van der Waals surface area (Å²) in [6, 6.07) is 7.69. The second-order valence-corrected chi connectivity index (χ2v) is 9.67. The average Bonchev–Trinajstić information content (AvgIpc) is 3.43. The molecule has 5 rings (SSSR count). The number of nitrogens with one attached hydrogen (secondary N) is 1. The third kappa shape index (κ3) is 6.01. The van der Waals surface area contributed by atoms with Crippen LogP contribution in [0.1, 0.15) is 42.5 Å². The molecule has 2 heterocycles. The summed E-state index contributed by atoms with van der Waals surface area (Å²) in [6.45, 7) is 0.739. The lowest BCUT2D eigenvalue weighted by atomic mass is 10.0. The number of benzene rings is 2. The zero-order valence-corrected chi connectivity index (χ0v) is 21.2. The van der Waals surface area contributed by atoms with E-state index in [0.29, 0.717) is 29.1 Å². The molecular weight excluding hydrogens is 501 g/mol. The van der Waals surface area contributed by atoms with Crippen molar-refractivity contribution in [1.29, 1.82) is 0 Å². The first kappa shape index (κ1) is 26.2. The van der Waals surface area contributed by atoms with Crippen LogP contribution in [0.3, 0.4) is 0 Å². The molecule has 1 saturated heterocycles. The van der Waals surface area contributed by atoms with E-state index in [1.54, 1.807) is 12.1 Å². The molecule has 2 fully saturated rings. The van der Waals surface area contributed by atoms with Crippen LogP contribution in [-0.4, -0.2) is 63.0 Å². The lowest BCUT2D eigenvalue weighted by molar-refractivity contribution is -0.0502. The van der Waals surface area contributed by atoms with Crippen LogP contribution in [0.2, 0.25) is 0 Å². The number of fused-ring (bicyclic) bond motifs is 1. The number of carbonyl (C=O) groups is 1. The highest BCUT2D eigenvalue weighted by Crippen LogP contribution is 2.40. The fourth-order valence-corrected chi connectivity index (χ4v) is 4.86. The molecule has 1 amide bonds. The summed E-state index contributed by atoms with van der Waals surface area (Å²) in [6.07, 6.45) is 5.30. The fourth-order valence-electron chi connectivity index (χ4n) is 4.86. The van der Waals surface area contributed by atoms with Crippen molar-refractivity contribution in [2.45, 2.75) is 50.9 Å². The van der Waals surface area contributed by atoms with Gasteiger partial charge in [-0.3, -0.25) is 4.79 Å². The Labute approximate surface area is 218 Å². The number of likely N-dealkylation sites (tertiary alicyclic amines) is 1. The summed E-state index contributed by atoms with van der Waals surface area (Å²) in [5, 5.41) is 3.21. The summed E-state index contributed by atoms with van der Waals surface area (Å²) in [5.41, 5.74) is 1.40. The smallest absolute Gasteiger partial charge is 0.387 e. The van der Waals surface area contributed by atoms with Crippen LogP contribution in [-0.2, 0) is 0 Å². The quantitative estimate of drug-likeness (QED) is 0.315. The number of amides is 1. The summed E-state index contributed by atoms with van der Waals surface area (Å²) in [5.74, 6) is -0.413. The normalized spacial score (nSPS) is 19.5. The summed E-state index contributed by atoms with van der Waals surface area (Å²) < 4.78 is 61.5. The van der Waals surface area contributed by atoms with E-state index in [4.69, 9.17) is 13.9 Å². The van der Waals surface area contributed by atoms with E-state index in [1.807, 2.05) is 12.1 Å². The van der Waals surface area contributed by atoms with Crippen molar-refractivity contribution in [1.82, 2.24) is 10.2 Å². The lowest BCUT2D eigenvalue weighted by Gasteiger charge is -2.26. The number of methoxy groups -OCH3 is 1. The number of carbonyl (C=O) groups excluding carboxylic acids is 1. The van der Waals surface area contributed by atoms with E-state index in [2.05, 4.69) is 15.0 Å². The largest absolute Gasteiger partial charge is 0.496 e. The molecule has 2 aromatic carbocycles. The third-order valence-corrected chi connectivity index (χ3v) is 6.95. The second kappa shape index (κ2) is 11.6. The van der Waals surface area contributed by atoms with Gasteiger partial charge in [0.25, 0.3) is 5.91 Å². The Kier molecular flexibility index (Phi) is 7.97. The highest BCUT2D eigenvalue weighted by molar-refractivity contribution is 6.02. The van der Waals surface area contributed by atoms with Crippen LogP contribution in [0.25, 0.3) is 22.1 Å². The van der Waals surface area contributed by atoms with Gasteiger partial charge in [0.1, 0.15) is 34.6 Å². The molecule has 204 valence electrons. The minimum atomic E-state index is -3.17. The van der Waals surface area contributed by atoms with Gasteiger partial charge in [-0.15, -0.1) is 0 Å². The molecule has 3 aromatic rings. The lowest BCUT2D eigenvalue weighted by Crippen LogP contribution is -2.31. The molecule has 0 bridgehead atoms. The number of rotatable bonds is 11. The SMILES string of the molecule is COc1cc(-c2coc3cc(OCCCN4CCCCC4)ccc23)cc(OC(F)F)c1C(=O)N[C@@H]1C[C@@H]1F. The van der Waals surface area contributed by atoms with Gasteiger partial charge in [-0.2, -0.15) is 8.78 Å². The van der Waals surface area contributed by atoms with Gasteiger partial charge in [-0.05, 0) is 62.2 Å². The summed E-state index contributed by atoms with van der Waals surface area (Å²) >= 11 is 0. The first-order chi connectivity index (χ1) is 18.4. The standard InChI is InChI=1S/C28H31F3N2O5/c1-35-24-12-17(13-25(38-28(30)31)26(24)27(34)32-22-15-21(22)29)20-16-37-23-14-18(6-7-19(20)23)36-11-5-10-33-8-3-2-4-9-33/h6-7,12-14,16,21-22,28H,2-5,8-11,15H2,1H3,(H,32,34)/t21-,22+/m0/s1. The fraction of sp³-hybridized carbons (Fsp3) is 0.464. The predicted molar refractivity (Wildman–Crippen MR) is 136 cm³/mol. The van der Waals surface area contributed by atoms with Crippen LogP contribution < -0.4 is 19.5 Å². The van der Waals surface area contributed by atoms with Gasteiger partial charge in [0.15, 0.2) is 0 Å². The Balaban J connectivity index is 1.34. The second-order valence-electron chi connectivity index (χ2n) is 9.67. The number of nitrogens with zero attached hydrogens (tertiary/aromatic N) is 1. The Morgan fingerprint density at radius 2 is 1.92 bits per heavy atom. The van der Waals surface area contributed by atoms with E-state index in [9.17, 15) is 18.0 Å². The zero-order chi connectivity index (χ0) is 26.6. The Morgan fingerprint density at radius 1 is 1.16 bits per heavy atom. The minimum Gasteiger partial charge on any atom is -0.496 e. The van der Waals surface area contributed by atoms with E-state index in [1.165, 1.54) is 38.7 Å². The molecule has 7 nitrogen and oxygen atoms in total. The van der Waals surface area contributed by atoms with Crippen molar-refractivity contribution in [2.24, 2.45) is 0 Å². The molecule has 38 heavy (non-hydrogen) atoms. The molecule has 1 aliphatic carbocycles. The molecule has 0 spiro atoms. The maximum absolute atomic E-state index is 13.3.